The van der Waals surface area contributed by atoms with E-state index in [1.165, 1.54) is 11.1 Å². The number of nitrogens with two attached hydrogens (primary N) is 1. The summed E-state index contributed by atoms with van der Waals surface area (Å²) in [5, 5.41) is 3.31. The number of nitrogens with one attached hydrogen (secondary N) is 1. The van der Waals surface area contributed by atoms with Crippen molar-refractivity contribution in [1.29, 1.82) is 0 Å². The molecule has 1 unspecified atom stereocenters. The molecular weight excluding hydrogens is 176 g/mol. The Kier molecular flexibility index (Phi) is 3.14. The molecule has 1 saturated heterocycles. The quantitative estimate of drug-likeness (QED) is 0.745. The Morgan fingerprint density at radius 1 is 1.43 bits per heavy atom. The lowest BCUT2D eigenvalue weighted by atomic mass is 10.0. The normalized spacial score (nSPS) is 21.4. The molecule has 1 aromatic carbocycles. The number of rotatable bonds is 3. The van der Waals surface area contributed by atoms with Crippen LogP contribution in [0.15, 0.2) is 24.3 Å². The van der Waals surface area contributed by atoms with Crippen LogP contribution in [-0.2, 0) is 11.2 Å². The number of ether oxygens (including phenoxy) is 1. The minimum atomic E-state index is 0.0674. The first kappa shape index (κ1) is 9.65. The summed E-state index contributed by atoms with van der Waals surface area (Å²) in [7, 11) is 0. The summed E-state index contributed by atoms with van der Waals surface area (Å²) >= 11 is 0. The number of hydrogen-bond donors (Lipinski definition) is 2. The summed E-state index contributed by atoms with van der Waals surface area (Å²) in [5.74, 6) is 0. The van der Waals surface area contributed by atoms with Gasteiger partial charge in [-0.25, -0.2) is 0 Å². The Hall–Kier alpha value is -0.900. The van der Waals surface area contributed by atoms with Crippen LogP contribution in [0, 0.1) is 0 Å². The van der Waals surface area contributed by atoms with Crippen LogP contribution < -0.4 is 11.1 Å². The standard InChI is InChI=1S/C11H16N2O/c12-6-5-9-3-1-2-4-10(9)11-13-7-8-14-11/h1-4,11,13H,5-8,12H2. The minimum Gasteiger partial charge on any atom is -0.358 e. The lowest BCUT2D eigenvalue weighted by Gasteiger charge is -2.14. The maximum Gasteiger partial charge on any atom is 0.134 e. The molecule has 0 saturated carbocycles. The molecule has 0 radical (unpaired) electrons. The summed E-state index contributed by atoms with van der Waals surface area (Å²) < 4.78 is 5.57. The van der Waals surface area contributed by atoms with Crippen LogP contribution in [0.5, 0.6) is 0 Å². The summed E-state index contributed by atoms with van der Waals surface area (Å²) in [6.45, 7) is 2.41. The smallest absolute Gasteiger partial charge is 0.134 e. The van der Waals surface area contributed by atoms with Gasteiger partial charge in [0.2, 0.25) is 0 Å². The highest BCUT2D eigenvalue weighted by molar-refractivity contribution is 5.29. The molecule has 1 aliphatic heterocycles. The molecule has 1 atom stereocenters. The van der Waals surface area contributed by atoms with Crippen molar-refractivity contribution >= 4 is 0 Å². The van der Waals surface area contributed by atoms with Crippen LogP contribution in [0.25, 0.3) is 0 Å². The molecule has 0 spiro atoms. The van der Waals surface area contributed by atoms with E-state index in [1.807, 2.05) is 12.1 Å². The fourth-order valence-corrected chi connectivity index (χ4v) is 1.80. The van der Waals surface area contributed by atoms with Gasteiger partial charge in [0.05, 0.1) is 6.61 Å². The molecule has 14 heavy (non-hydrogen) atoms. The number of hydrogen-bond acceptors (Lipinski definition) is 3. The van der Waals surface area contributed by atoms with Crippen LogP contribution in [0.3, 0.4) is 0 Å². The molecule has 1 fully saturated rings. The highest BCUT2D eigenvalue weighted by Crippen LogP contribution is 2.21. The molecule has 1 aromatic rings. The predicted molar refractivity (Wildman–Crippen MR) is 55.9 cm³/mol. The Balaban J connectivity index is 2.21. The summed E-state index contributed by atoms with van der Waals surface area (Å²) in [4.78, 5) is 0. The van der Waals surface area contributed by atoms with Crippen molar-refractivity contribution in [3.05, 3.63) is 35.4 Å². The van der Waals surface area contributed by atoms with Crippen LogP contribution in [0.1, 0.15) is 17.4 Å². The van der Waals surface area contributed by atoms with Gasteiger partial charge in [-0.15, -0.1) is 0 Å². The average molecular weight is 192 g/mol. The summed E-state index contributed by atoms with van der Waals surface area (Å²) in [6.07, 6.45) is 0.982. The van der Waals surface area contributed by atoms with Gasteiger partial charge in [-0.3, -0.25) is 5.32 Å². The van der Waals surface area contributed by atoms with E-state index in [-0.39, 0.29) is 6.23 Å². The first-order chi connectivity index (χ1) is 6.92. The van der Waals surface area contributed by atoms with Crippen molar-refractivity contribution < 1.29 is 4.74 Å². The van der Waals surface area contributed by atoms with Gasteiger partial charge < -0.3 is 10.5 Å². The van der Waals surface area contributed by atoms with E-state index in [0.717, 1.165) is 19.6 Å². The zero-order valence-electron chi connectivity index (χ0n) is 8.20. The van der Waals surface area contributed by atoms with Crippen LogP contribution in [0.2, 0.25) is 0 Å². The van der Waals surface area contributed by atoms with Crippen LogP contribution in [-0.4, -0.2) is 19.7 Å². The van der Waals surface area contributed by atoms with Gasteiger partial charge in [0, 0.05) is 6.54 Å². The van der Waals surface area contributed by atoms with E-state index in [1.54, 1.807) is 0 Å². The molecule has 1 aliphatic rings. The van der Waals surface area contributed by atoms with Crippen molar-refractivity contribution in [3.63, 3.8) is 0 Å². The molecule has 2 rings (SSSR count). The van der Waals surface area contributed by atoms with E-state index in [2.05, 4.69) is 17.4 Å². The van der Waals surface area contributed by atoms with E-state index < -0.39 is 0 Å². The van der Waals surface area contributed by atoms with Gasteiger partial charge in [-0.05, 0) is 24.1 Å². The molecule has 1 heterocycles. The largest absolute Gasteiger partial charge is 0.358 e. The first-order valence-corrected chi connectivity index (χ1v) is 5.04. The molecule has 3 N–H and O–H groups in total. The third kappa shape index (κ3) is 1.95. The second-order valence-corrected chi connectivity index (χ2v) is 3.44. The average Bonchev–Trinajstić information content (AvgIpc) is 2.72. The van der Waals surface area contributed by atoms with Crippen molar-refractivity contribution in [2.24, 2.45) is 5.73 Å². The fraction of sp³-hybridized carbons (Fsp3) is 0.455. The van der Waals surface area contributed by atoms with Crippen molar-refractivity contribution in [1.82, 2.24) is 5.32 Å². The maximum atomic E-state index is 5.57. The third-order valence-electron chi connectivity index (χ3n) is 2.47. The van der Waals surface area contributed by atoms with Gasteiger partial charge in [0.1, 0.15) is 6.23 Å². The number of benzene rings is 1. The Labute approximate surface area is 84.3 Å². The SMILES string of the molecule is NCCc1ccccc1C1NCCO1. The second-order valence-electron chi connectivity index (χ2n) is 3.44. The maximum absolute atomic E-state index is 5.57. The second kappa shape index (κ2) is 4.55. The van der Waals surface area contributed by atoms with Gasteiger partial charge in [-0.1, -0.05) is 24.3 Å². The van der Waals surface area contributed by atoms with Gasteiger partial charge in [0.15, 0.2) is 0 Å². The zero-order chi connectivity index (χ0) is 9.80. The molecule has 3 heteroatoms. The lowest BCUT2D eigenvalue weighted by Crippen LogP contribution is -2.16. The predicted octanol–water partition coefficient (Wildman–Crippen LogP) is 0.806. The Morgan fingerprint density at radius 3 is 3.00 bits per heavy atom. The topological polar surface area (TPSA) is 47.3 Å². The molecule has 3 nitrogen and oxygen atoms in total. The lowest BCUT2D eigenvalue weighted by molar-refractivity contribution is 0.101. The highest BCUT2D eigenvalue weighted by Gasteiger charge is 2.18. The van der Waals surface area contributed by atoms with Crippen LogP contribution in [0.4, 0.5) is 0 Å². The molecule has 76 valence electrons. The van der Waals surface area contributed by atoms with Crippen molar-refractivity contribution in [2.75, 3.05) is 19.7 Å². The van der Waals surface area contributed by atoms with Gasteiger partial charge in [0.25, 0.3) is 0 Å². The summed E-state index contributed by atoms with van der Waals surface area (Å²) in [6, 6.07) is 8.31. The van der Waals surface area contributed by atoms with Crippen molar-refractivity contribution in [2.45, 2.75) is 12.6 Å². The monoisotopic (exact) mass is 192 g/mol. The highest BCUT2D eigenvalue weighted by atomic mass is 16.5. The zero-order valence-corrected chi connectivity index (χ0v) is 8.20. The molecule has 0 amide bonds. The Bertz CT molecular complexity index is 295. The molecule has 0 aliphatic carbocycles. The first-order valence-electron chi connectivity index (χ1n) is 5.04. The molecule has 0 aromatic heterocycles. The third-order valence-corrected chi connectivity index (χ3v) is 2.47. The van der Waals surface area contributed by atoms with Gasteiger partial charge >= 0.3 is 0 Å². The van der Waals surface area contributed by atoms with Crippen molar-refractivity contribution in [3.8, 4) is 0 Å². The van der Waals surface area contributed by atoms with E-state index in [4.69, 9.17) is 10.5 Å². The molecular formula is C11H16N2O. The van der Waals surface area contributed by atoms with E-state index >= 15 is 0 Å². The van der Waals surface area contributed by atoms with E-state index in [9.17, 15) is 0 Å². The minimum absolute atomic E-state index is 0.0674. The van der Waals surface area contributed by atoms with E-state index in [0.29, 0.717) is 6.54 Å². The van der Waals surface area contributed by atoms with Crippen LogP contribution >= 0.6 is 0 Å². The van der Waals surface area contributed by atoms with Gasteiger partial charge in [-0.2, -0.15) is 0 Å². The molecule has 0 bridgehead atoms. The fourth-order valence-electron chi connectivity index (χ4n) is 1.80. The summed E-state index contributed by atoms with van der Waals surface area (Å²) in [5.41, 5.74) is 8.09. The Morgan fingerprint density at radius 2 is 2.29 bits per heavy atom.